The van der Waals surface area contributed by atoms with E-state index in [-0.39, 0.29) is 12.1 Å². The minimum Gasteiger partial charge on any atom is -0.469 e. The van der Waals surface area contributed by atoms with Gasteiger partial charge in [-0.1, -0.05) is 96.8 Å². The van der Waals surface area contributed by atoms with Crippen molar-refractivity contribution in [2.75, 3.05) is 20.4 Å². The Kier molecular flexibility index (Phi) is 25.8. The molecule has 0 fully saturated rings. The Hall–Kier alpha value is -0.320. The zero-order valence-electron chi connectivity index (χ0n) is 20.3. The molecule has 0 radical (unpaired) electrons. The highest BCUT2D eigenvalue weighted by Gasteiger charge is 2.31. The van der Waals surface area contributed by atoms with Crippen LogP contribution in [-0.2, 0) is 27.5 Å². The quantitative estimate of drug-likeness (QED) is 0.106. The number of phosphoric ester groups is 1. The molecule has 0 aromatic rings. The van der Waals surface area contributed by atoms with Gasteiger partial charge in [0.1, 0.15) is 0 Å². The van der Waals surface area contributed by atoms with Crippen molar-refractivity contribution in [3.05, 3.63) is 0 Å². The number of hydrogen-bond acceptors (Lipinski definition) is 6. The van der Waals surface area contributed by atoms with Gasteiger partial charge in [-0.05, 0) is 22.2 Å². The van der Waals surface area contributed by atoms with E-state index in [0.717, 1.165) is 13.5 Å². The van der Waals surface area contributed by atoms with Crippen molar-refractivity contribution >= 4 is 21.8 Å². The fraction of sp³-hybridized carbons (Fsp3) is 0.955. The molecule has 0 saturated carbocycles. The van der Waals surface area contributed by atoms with Gasteiger partial charge in [-0.15, -0.1) is 0 Å². The minimum atomic E-state index is -4.03. The van der Waals surface area contributed by atoms with Crippen molar-refractivity contribution in [3.8, 4) is 0 Å². The van der Waals surface area contributed by atoms with Gasteiger partial charge in [-0.25, -0.2) is 4.57 Å². The number of rotatable bonds is 20. The minimum absolute atomic E-state index is 0.0651. The first-order valence-corrected chi connectivity index (χ1v) is 14.8. The van der Waals surface area contributed by atoms with E-state index in [1.807, 2.05) is 0 Å². The maximum atomic E-state index is 10.9. The average Bonchev–Trinajstić information content (AvgIpc) is 2.76. The summed E-state index contributed by atoms with van der Waals surface area (Å²) in [6.45, 7) is 3.85. The van der Waals surface area contributed by atoms with Gasteiger partial charge in [0.25, 0.3) is 0 Å². The summed E-state index contributed by atoms with van der Waals surface area (Å²) in [5.74, 6) is -0.0651. The van der Waals surface area contributed by atoms with Crippen LogP contribution in [-0.4, -0.2) is 31.2 Å². The van der Waals surface area contributed by atoms with Crippen LogP contribution < -0.4 is 0 Å². The lowest BCUT2D eigenvalue weighted by molar-refractivity contribution is -0.140. The highest BCUT2D eigenvalue weighted by atomic mass is 31.2. The predicted molar refractivity (Wildman–Crippen MR) is 128 cm³/mol. The molecule has 2 unspecified atom stereocenters. The fourth-order valence-electron chi connectivity index (χ4n) is 2.95. The van der Waals surface area contributed by atoms with E-state index >= 15 is 0 Å². The van der Waals surface area contributed by atoms with Crippen LogP contribution in [0.15, 0.2) is 0 Å². The summed E-state index contributed by atoms with van der Waals surface area (Å²) in [5.41, 5.74) is 0. The summed E-state index contributed by atoms with van der Waals surface area (Å²) >= 11 is 0. The van der Waals surface area contributed by atoms with Crippen LogP contribution in [0.25, 0.3) is 0 Å². The van der Waals surface area contributed by atoms with E-state index in [1.165, 1.54) is 97.0 Å². The monoisotopic (exact) mass is 485 g/mol. The summed E-state index contributed by atoms with van der Waals surface area (Å²) in [6.07, 6.45) is 21.1. The number of carbonyl (C=O) groups excluding carboxylic acids is 1. The fourth-order valence-corrected chi connectivity index (χ4v) is 4.60. The third kappa shape index (κ3) is 27.6. The van der Waals surface area contributed by atoms with Crippen LogP contribution in [0, 0.1) is 0 Å². The van der Waals surface area contributed by atoms with Crippen LogP contribution in [0.2, 0.25) is 0 Å². The lowest BCUT2D eigenvalue weighted by atomic mass is 10.0. The van der Waals surface area contributed by atoms with Crippen molar-refractivity contribution < 1.29 is 32.4 Å². The van der Waals surface area contributed by atoms with Crippen LogP contribution >= 0.6 is 15.9 Å². The Morgan fingerprint density at radius 2 is 1.16 bits per heavy atom. The first kappa shape index (κ1) is 32.9. The first-order chi connectivity index (χ1) is 14.8. The van der Waals surface area contributed by atoms with Crippen LogP contribution in [0.3, 0.4) is 0 Å². The largest absolute Gasteiger partial charge is 0.518 e. The van der Waals surface area contributed by atoms with Gasteiger partial charge >= 0.3 is 21.8 Å². The molecule has 2 atom stereocenters. The standard InChI is InChI=1S/C19H38O2.C3H8O5P2/c1-3-4-5-6-7-8-9-10-11-12-13-14-15-16-17-18-19(20)21-2;1-3-9(4)8-10(5,6)7-2/h3-18H2,1-2H3;3H2,1-2H3/p+1. The van der Waals surface area contributed by atoms with Gasteiger partial charge in [-0.2, -0.15) is 0 Å². The van der Waals surface area contributed by atoms with Gasteiger partial charge in [0.05, 0.1) is 7.11 Å². The molecule has 186 valence electrons. The third-order valence-electron chi connectivity index (χ3n) is 4.90. The second-order valence-electron chi connectivity index (χ2n) is 7.66. The highest BCUT2D eigenvalue weighted by Crippen LogP contribution is 2.50. The Bertz CT molecular complexity index is 473. The zero-order chi connectivity index (χ0) is 23.8. The lowest BCUT2D eigenvalue weighted by Gasteiger charge is -2.03. The molecule has 0 aliphatic rings. The third-order valence-corrected chi connectivity index (χ3v) is 7.43. The van der Waals surface area contributed by atoms with Crippen molar-refractivity contribution in [2.45, 2.75) is 117 Å². The summed E-state index contributed by atoms with van der Waals surface area (Å²) < 4.78 is 33.8. The van der Waals surface area contributed by atoms with Gasteiger partial charge in [0, 0.05) is 13.5 Å². The molecule has 0 heterocycles. The predicted octanol–water partition coefficient (Wildman–Crippen LogP) is 7.93. The molecular formula is C22H47O7P2+. The topological polar surface area (TPSA) is 99.1 Å². The number of unbranched alkanes of at least 4 members (excludes halogenated alkanes) is 14. The van der Waals surface area contributed by atoms with Crippen molar-refractivity contribution in [2.24, 2.45) is 0 Å². The maximum Gasteiger partial charge on any atom is 0.518 e. The van der Waals surface area contributed by atoms with Gasteiger partial charge < -0.3 is 9.63 Å². The molecule has 1 N–H and O–H groups in total. The number of hydrogen-bond donors (Lipinski definition) is 1. The number of phosphoric acid groups is 1. The Morgan fingerprint density at radius 1 is 0.774 bits per heavy atom. The number of esters is 1. The van der Waals surface area contributed by atoms with E-state index < -0.39 is 15.9 Å². The molecule has 0 amide bonds. The van der Waals surface area contributed by atoms with Crippen molar-refractivity contribution in [3.63, 3.8) is 0 Å². The number of methoxy groups -OCH3 is 1. The van der Waals surface area contributed by atoms with Gasteiger partial charge in [0.15, 0.2) is 6.16 Å². The van der Waals surface area contributed by atoms with E-state index in [1.54, 1.807) is 6.92 Å². The molecule has 31 heavy (non-hydrogen) atoms. The number of carbonyl (C=O) groups is 1. The van der Waals surface area contributed by atoms with E-state index in [9.17, 15) is 13.9 Å². The van der Waals surface area contributed by atoms with E-state index in [2.05, 4.69) is 20.5 Å². The molecule has 0 bridgehead atoms. The van der Waals surface area contributed by atoms with Gasteiger partial charge in [0.2, 0.25) is 0 Å². The molecule has 0 rings (SSSR count). The molecule has 0 aromatic heterocycles. The normalized spacial score (nSPS) is 13.1. The highest BCUT2D eigenvalue weighted by molar-refractivity contribution is 7.57. The van der Waals surface area contributed by atoms with E-state index in [4.69, 9.17) is 4.89 Å². The zero-order valence-corrected chi connectivity index (χ0v) is 22.1. The Balaban J connectivity index is 0. The lowest BCUT2D eigenvalue weighted by Crippen LogP contribution is -1.99. The summed E-state index contributed by atoms with van der Waals surface area (Å²) in [6, 6.07) is 0. The van der Waals surface area contributed by atoms with E-state index in [0.29, 0.717) is 6.42 Å². The van der Waals surface area contributed by atoms with Crippen molar-refractivity contribution in [1.29, 1.82) is 0 Å². The molecule has 9 heteroatoms. The Labute approximate surface area is 191 Å². The molecule has 7 nitrogen and oxygen atoms in total. The van der Waals surface area contributed by atoms with Gasteiger partial charge in [-0.3, -0.25) is 9.32 Å². The molecule has 0 aromatic carbocycles. The molecule has 0 saturated heterocycles. The molecule has 0 aliphatic carbocycles. The van der Waals surface area contributed by atoms with Crippen LogP contribution in [0.1, 0.15) is 117 Å². The summed E-state index contributed by atoms with van der Waals surface area (Å²) in [4.78, 5) is 19.5. The summed E-state index contributed by atoms with van der Waals surface area (Å²) in [5, 5.41) is 0. The van der Waals surface area contributed by atoms with Crippen LogP contribution in [0.4, 0.5) is 0 Å². The smallest absolute Gasteiger partial charge is 0.469 e. The molecule has 0 aliphatic heterocycles. The summed E-state index contributed by atoms with van der Waals surface area (Å²) in [7, 11) is -3.61. The Morgan fingerprint density at radius 3 is 1.48 bits per heavy atom. The molecule has 0 spiro atoms. The number of ether oxygens (including phenoxy) is 1. The first-order valence-electron chi connectivity index (χ1n) is 11.9. The molecular weight excluding hydrogens is 438 g/mol. The maximum absolute atomic E-state index is 10.9. The average molecular weight is 486 g/mol. The van der Waals surface area contributed by atoms with Crippen LogP contribution in [0.5, 0.6) is 0 Å². The SMILES string of the molecule is CCCCCCCCCCCCCCCCCC(=O)OC.CC[P+](=O)OP(=O)(O)OC. The second kappa shape index (κ2) is 24.3. The second-order valence-corrected chi connectivity index (χ2v) is 10.9. The van der Waals surface area contributed by atoms with Crippen molar-refractivity contribution in [1.82, 2.24) is 0 Å².